The molecule has 2 aromatic carbocycles. The molecule has 4 rings (SSSR count). The molecule has 6 nitrogen and oxygen atoms in total. The summed E-state index contributed by atoms with van der Waals surface area (Å²) in [6, 6.07) is 17.0. The fraction of sp³-hybridized carbons (Fsp3) is 0.273. The molecule has 0 atom stereocenters. The Morgan fingerprint density at radius 3 is 2.50 bits per heavy atom. The maximum Gasteiger partial charge on any atom is 0.254 e. The van der Waals surface area contributed by atoms with Gasteiger partial charge in [-0.25, -0.2) is 0 Å². The van der Waals surface area contributed by atoms with Crippen molar-refractivity contribution < 1.29 is 18.8 Å². The summed E-state index contributed by atoms with van der Waals surface area (Å²) in [5, 5.41) is 4.17. The van der Waals surface area contributed by atoms with Gasteiger partial charge in [-0.1, -0.05) is 11.2 Å². The van der Waals surface area contributed by atoms with Gasteiger partial charge in [-0.15, -0.1) is 0 Å². The Morgan fingerprint density at radius 2 is 1.82 bits per heavy atom. The van der Waals surface area contributed by atoms with Crippen molar-refractivity contribution in [1.29, 1.82) is 0 Å². The van der Waals surface area contributed by atoms with Crippen molar-refractivity contribution in [3.05, 3.63) is 65.9 Å². The second-order valence-corrected chi connectivity index (χ2v) is 6.81. The van der Waals surface area contributed by atoms with Crippen molar-refractivity contribution in [3.63, 3.8) is 0 Å². The van der Waals surface area contributed by atoms with Crippen LogP contribution in [0.5, 0.6) is 11.5 Å². The molecule has 0 N–H and O–H groups in total. The monoisotopic (exact) mass is 378 g/mol. The van der Waals surface area contributed by atoms with E-state index in [1.54, 1.807) is 20.3 Å². The second kappa shape index (κ2) is 7.76. The minimum Gasteiger partial charge on any atom is -0.497 e. The lowest BCUT2D eigenvalue weighted by molar-refractivity contribution is 0.0726. The Balaban J connectivity index is 1.52. The number of benzene rings is 2. The summed E-state index contributed by atoms with van der Waals surface area (Å²) < 4.78 is 15.9. The molecule has 28 heavy (non-hydrogen) atoms. The first-order chi connectivity index (χ1) is 13.7. The van der Waals surface area contributed by atoms with Crippen LogP contribution in [0.25, 0.3) is 11.3 Å². The standard InChI is InChI=1S/C22H22N2O4/c1-26-19-10-6-15(7-11-19)21-13-17(23-28-21)14-24(18-8-9-18)22(25)16-4-3-5-20(12-16)27-2/h3-7,10-13,18H,8-9,14H2,1-2H3. The Hall–Kier alpha value is -3.28. The molecule has 1 aliphatic rings. The number of carbonyl (C=O) groups is 1. The van der Waals surface area contributed by atoms with Crippen LogP contribution >= 0.6 is 0 Å². The highest BCUT2D eigenvalue weighted by molar-refractivity contribution is 5.95. The summed E-state index contributed by atoms with van der Waals surface area (Å²) in [6.45, 7) is 0.417. The average molecular weight is 378 g/mol. The molecule has 0 bridgehead atoms. The molecule has 0 radical (unpaired) electrons. The van der Waals surface area contributed by atoms with Gasteiger partial charge in [0.05, 0.1) is 20.8 Å². The number of ether oxygens (including phenoxy) is 2. The largest absolute Gasteiger partial charge is 0.497 e. The number of hydrogen-bond acceptors (Lipinski definition) is 5. The van der Waals surface area contributed by atoms with Crippen LogP contribution in [0, 0.1) is 0 Å². The maximum atomic E-state index is 13.0. The van der Waals surface area contributed by atoms with Gasteiger partial charge in [0.15, 0.2) is 5.76 Å². The minimum absolute atomic E-state index is 0.0182. The molecule has 1 saturated carbocycles. The summed E-state index contributed by atoms with van der Waals surface area (Å²) in [7, 11) is 3.23. The van der Waals surface area contributed by atoms with Crippen LogP contribution in [0.15, 0.2) is 59.1 Å². The van der Waals surface area contributed by atoms with E-state index >= 15 is 0 Å². The number of aromatic nitrogens is 1. The number of nitrogens with zero attached hydrogens (tertiary/aromatic N) is 2. The molecule has 6 heteroatoms. The number of hydrogen-bond donors (Lipinski definition) is 0. The zero-order valence-electron chi connectivity index (χ0n) is 15.9. The van der Waals surface area contributed by atoms with Gasteiger partial charge in [-0.2, -0.15) is 0 Å². The van der Waals surface area contributed by atoms with Crippen molar-refractivity contribution in [3.8, 4) is 22.8 Å². The molecule has 1 aliphatic carbocycles. The van der Waals surface area contributed by atoms with Crippen molar-refractivity contribution in [2.45, 2.75) is 25.4 Å². The van der Waals surface area contributed by atoms with Crippen LogP contribution in [0.3, 0.4) is 0 Å². The Morgan fingerprint density at radius 1 is 1.07 bits per heavy atom. The van der Waals surface area contributed by atoms with E-state index in [1.165, 1.54) is 0 Å². The van der Waals surface area contributed by atoms with Crippen molar-refractivity contribution in [2.75, 3.05) is 14.2 Å². The first kappa shape index (κ1) is 18.1. The molecule has 0 unspecified atom stereocenters. The van der Waals surface area contributed by atoms with Crippen molar-refractivity contribution in [1.82, 2.24) is 10.1 Å². The number of methoxy groups -OCH3 is 2. The fourth-order valence-corrected chi connectivity index (χ4v) is 3.13. The lowest BCUT2D eigenvalue weighted by Crippen LogP contribution is -2.32. The first-order valence-corrected chi connectivity index (χ1v) is 9.23. The normalized spacial score (nSPS) is 13.2. The predicted octanol–water partition coefficient (Wildman–Crippen LogP) is 4.16. The third-order valence-electron chi connectivity index (χ3n) is 4.83. The van der Waals surface area contributed by atoms with E-state index in [0.717, 1.165) is 29.8 Å². The lowest BCUT2D eigenvalue weighted by atomic mass is 10.1. The van der Waals surface area contributed by atoms with E-state index in [1.807, 2.05) is 53.4 Å². The number of rotatable bonds is 7. The van der Waals surface area contributed by atoms with Crippen LogP contribution < -0.4 is 9.47 Å². The number of carbonyl (C=O) groups excluding carboxylic acids is 1. The van der Waals surface area contributed by atoms with Gasteiger partial charge in [0.25, 0.3) is 5.91 Å². The zero-order chi connectivity index (χ0) is 19.5. The van der Waals surface area contributed by atoms with Gasteiger partial charge in [0.2, 0.25) is 0 Å². The molecule has 0 spiro atoms. The smallest absolute Gasteiger partial charge is 0.254 e. The molecule has 3 aromatic rings. The minimum atomic E-state index is -0.0182. The van der Waals surface area contributed by atoms with E-state index in [2.05, 4.69) is 5.16 Å². The quantitative estimate of drug-likeness (QED) is 0.618. The molecule has 1 amide bonds. The Kier molecular flexibility index (Phi) is 5.02. The van der Waals surface area contributed by atoms with E-state index in [-0.39, 0.29) is 11.9 Å². The van der Waals surface area contributed by atoms with Gasteiger partial charge in [-0.05, 0) is 55.3 Å². The molecule has 144 valence electrons. The maximum absolute atomic E-state index is 13.0. The predicted molar refractivity (Wildman–Crippen MR) is 104 cm³/mol. The van der Waals surface area contributed by atoms with Gasteiger partial charge in [0.1, 0.15) is 17.2 Å². The molecule has 1 fully saturated rings. The van der Waals surface area contributed by atoms with Gasteiger partial charge >= 0.3 is 0 Å². The summed E-state index contributed by atoms with van der Waals surface area (Å²) in [6.07, 6.45) is 2.03. The Bertz CT molecular complexity index is 961. The highest BCUT2D eigenvalue weighted by atomic mass is 16.5. The SMILES string of the molecule is COc1ccc(-c2cc(CN(C(=O)c3cccc(OC)c3)C3CC3)no2)cc1. The van der Waals surface area contributed by atoms with E-state index < -0.39 is 0 Å². The third-order valence-corrected chi connectivity index (χ3v) is 4.83. The fourth-order valence-electron chi connectivity index (χ4n) is 3.13. The molecule has 0 aliphatic heterocycles. The van der Waals surface area contributed by atoms with Gasteiger partial charge in [-0.3, -0.25) is 4.79 Å². The molecule has 1 aromatic heterocycles. The highest BCUT2D eigenvalue weighted by Gasteiger charge is 2.33. The van der Waals surface area contributed by atoms with Crippen LogP contribution in [-0.4, -0.2) is 36.2 Å². The Labute approximate surface area is 163 Å². The summed E-state index contributed by atoms with van der Waals surface area (Å²) in [5.41, 5.74) is 2.26. The van der Waals surface area contributed by atoms with Gasteiger partial charge < -0.3 is 18.9 Å². The zero-order valence-corrected chi connectivity index (χ0v) is 15.9. The lowest BCUT2D eigenvalue weighted by Gasteiger charge is -2.21. The summed E-state index contributed by atoms with van der Waals surface area (Å²) >= 11 is 0. The van der Waals surface area contributed by atoms with E-state index in [9.17, 15) is 4.79 Å². The van der Waals surface area contributed by atoms with Crippen LogP contribution in [0.2, 0.25) is 0 Å². The molecule has 0 saturated heterocycles. The summed E-state index contributed by atoms with van der Waals surface area (Å²) in [5.74, 6) is 2.11. The van der Waals surface area contributed by atoms with Crippen molar-refractivity contribution in [2.24, 2.45) is 0 Å². The summed E-state index contributed by atoms with van der Waals surface area (Å²) in [4.78, 5) is 14.9. The number of amides is 1. The topological polar surface area (TPSA) is 64.8 Å². The average Bonchev–Trinajstić information content (AvgIpc) is 3.49. The first-order valence-electron chi connectivity index (χ1n) is 9.23. The highest BCUT2D eigenvalue weighted by Crippen LogP contribution is 2.31. The van der Waals surface area contributed by atoms with Crippen LogP contribution in [0.4, 0.5) is 0 Å². The second-order valence-electron chi connectivity index (χ2n) is 6.81. The van der Waals surface area contributed by atoms with Crippen LogP contribution in [-0.2, 0) is 6.54 Å². The van der Waals surface area contributed by atoms with E-state index in [0.29, 0.717) is 23.6 Å². The van der Waals surface area contributed by atoms with E-state index in [4.69, 9.17) is 14.0 Å². The van der Waals surface area contributed by atoms with Gasteiger partial charge in [0, 0.05) is 23.2 Å². The van der Waals surface area contributed by atoms with Crippen LogP contribution in [0.1, 0.15) is 28.9 Å². The molecular formula is C22H22N2O4. The molecular weight excluding hydrogens is 356 g/mol. The van der Waals surface area contributed by atoms with Crippen molar-refractivity contribution >= 4 is 5.91 Å². The molecule has 1 heterocycles. The third kappa shape index (κ3) is 3.86.